The quantitative estimate of drug-likeness (QED) is 0.708. The van der Waals surface area contributed by atoms with Crippen LogP contribution in [0.2, 0.25) is 0 Å². The first-order valence-corrected chi connectivity index (χ1v) is 6.61. The van der Waals surface area contributed by atoms with Crippen molar-refractivity contribution in [3.63, 3.8) is 0 Å². The maximum absolute atomic E-state index is 12.3. The summed E-state index contributed by atoms with van der Waals surface area (Å²) in [4.78, 5) is 24.1. The van der Waals surface area contributed by atoms with Crippen LogP contribution in [0.15, 0.2) is 11.6 Å². The van der Waals surface area contributed by atoms with Gasteiger partial charge in [-0.15, -0.1) is 0 Å². The Bertz CT molecular complexity index is 433. The number of Topliss-reactive ketones (excluding diaryl/α,β-unsaturated/α-hetero) is 1. The van der Waals surface area contributed by atoms with E-state index in [-0.39, 0.29) is 29.0 Å². The third-order valence-corrected chi connectivity index (χ3v) is 5.15. The summed E-state index contributed by atoms with van der Waals surface area (Å²) in [7, 11) is 1.44. The zero-order valence-electron chi connectivity index (χ0n) is 11.9. The van der Waals surface area contributed by atoms with Crippen molar-refractivity contribution in [1.82, 2.24) is 0 Å². The maximum atomic E-state index is 12.3. The lowest BCUT2D eigenvalue weighted by atomic mass is 9.67. The molecule has 2 aliphatic carbocycles. The number of hydrogen-bond acceptors (Lipinski definition) is 3. The molecule has 0 heterocycles. The van der Waals surface area contributed by atoms with E-state index < -0.39 is 5.41 Å². The molecule has 0 N–H and O–H groups in total. The first-order chi connectivity index (χ1) is 8.28. The molecule has 0 saturated heterocycles. The predicted octanol–water partition coefficient (Wildman–Crippen LogP) is 2.75. The van der Waals surface area contributed by atoms with Crippen LogP contribution >= 0.6 is 0 Å². The highest BCUT2D eigenvalue weighted by Crippen LogP contribution is 2.63. The van der Waals surface area contributed by atoms with Gasteiger partial charge >= 0.3 is 5.97 Å². The standard InChI is InChI=1S/C15H22O3/c1-9-6-7-12-14(3,4)11(10(2)16)8-15(9,12)13(17)18-5/h8-9,12H,6-7H2,1-5H3/t9-,12+,15-/m0/s1. The molecule has 0 aromatic heterocycles. The molecule has 0 amide bonds. The van der Waals surface area contributed by atoms with Gasteiger partial charge in [-0.05, 0) is 42.6 Å². The van der Waals surface area contributed by atoms with E-state index in [2.05, 4.69) is 20.8 Å². The number of methoxy groups -OCH3 is 1. The summed E-state index contributed by atoms with van der Waals surface area (Å²) in [6.07, 6.45) is 3.92. The molecule has 1 saturated carbocycles. The number of rotatable bonds is 2. The Morgan fingerprint density at radius 2 is 1.94 bits per heavy atom. The Morgan fingerprint density at radius 3 is 2.44 bits per heavy atom. The Balaban J connectivity index is 2.59. The van der Waals surface area contributed by atoms with Crippen LogP contribution in [-0.4, -0.2) is 18.9 Å². The summed E-state index contributed by atoms with van der Waals surface area (Å²) < 4.78 is 5.04. The first-order valence-electron chi connectivity index (χ1n) is 6.61. The van der Waals surface area contributed by atoms with Crippen LogP contribution in [0.1, 0.15) is 40.5 Å². The average Bonchev–Trinajstić information content (AvgIpc) is 2.74. The summed E-state index contributed by atoms with van der Waals surface area (Å²) >= 11 is 0. The van der Waals surface area contributed by atoms with E-state index in [1.165, 1.54) is 7.11 Å². The molecular formula is C15H22O3. The van der Waals surface area contributed by atoms with E-state index in [1.807, 2.05) is 6.08 Å². The lowest BCUT2D eigenvalue weighted by Crippen LogP contribution is -2.40. The van der Waals surface area contributed by atoms with Gasteiger partial charge < -0.3 is 4.74 Å². The van der Waals surface area contributed by atoms with Crippen molar-refractivity contribution in [2.75, 3.05) is 7.11 Å². The number of allylic oxidation sites excluding steroid dienone is 1. The van der Waals surface area contributed by atoms with Crippen LogP contribution in [0.4, 0.5) is 0 Å². The Morgan fingerprint density at radius 1 is 1.33 bits per heavy atom. The van der Waals surface area contributed by atoms with Crippen molar-refractivity contribution in [3.05, 3.63) is 11.6 Å². The lowest BCUT2D eigenvalue weighted by Gasteiger charge is -2.35. The molecule has 3 nitrogen and oxygen atoms in total. The summed E-state index contributed by atoms with van der Waals surface area (Å²) in [5.41, 5.74) is -0.0197. The number of carbonyl (C=O) groups excluding carboxylic acids is 2. The Labute approximate surface area is 109 Å². The van der Waals surface area contributed by atoms with Gasteiger partial charge in [-0.3, -0.25) is 9.59 Å². The lowest BCUT2D eigenvalue weighted by molar-refractivity contribution is -0.154. The van der Waals surface area contributed by atoms with E-state index in [1.54, 1.807) is 6.92 Å². The Kier molecular flexibility index (Phi) is 2.91. The van der Waals surface area contributed by atoms with Crippen molar-refractivity contribution < 1.29 is 14.3 Å². The zero-order valence-corrected chi connectivity index (χ0v) is 11.9. The van der Waals surface area contributed by atoms with Crippen LogP contribution in [0, 0.1) is 22.7 Å². The number of fused-ring (bicyclic) bond motifs is 1. The van der Waals surface area contributed by atoms with Crippen molar-refractivity contribution in [2.24, 2.45) is 22.7 Å². The van der Waals surface area contributed by atoms with Gasteiger partial charge in [-0.25, -0.2) is 0 Å². The third-order valence-electron chi connectivity index (χ3n) is 5.15. The average molecular weight is 250 g/mol. The van der Waals surface area contributed by atoms with Gasteiger partial charge in [0.1, 0.15) is 0 Å². The second-order valence-electron chi connectivity index (χ2n) is 6.29. The van der Waals surface area contributed by atoms with Crippen LogP contribution in [0.25, 0.3) is 0 Å². The predicted molar refractivity (Wildman–Crippen MR) is 68.9 cm³/mol. The smallest absolute Gasteiger partial charge is 0.316 e. The summed E-state index contributed by atoms with van der Waals surface area (Å²) in [6, 6.07) is 0. The number of carbonyl (C=O) groups is 2. The van der Waals surface area contributed by atoms with Gasteiger partial charge in [0, 0.05) is 0 Å². The van der Waals surface area contributed by atoms with Gasteiger partial charge in [0.15, 0.2) is 5.78 Å². The molecule has 100 valence electrons. The number of ketones is 1. The second kappa shape index (κ2) is 3.94. The molecule has 0 unspecified atom stereocenters. The minimum Gasteiger partial charge on any atom is -0.468 e. The maximum Gasteiger partial charge on any atom is 0.316 e. The number of ether oxygens (including phenoxy) is 1. The molecule has 0 aromatic carbocycles. The molecule has 0 aromatic rings. The summed E-state index contributed by atoms with van der Waals surface area (Å²) in [6.45, 7) is 7.83. The minimum atomic E-state index is -0.584. The molecule has 2 rings (SSSR count). The van der Waals surface area contributed by atoms with Gasteiger partial charge in [0.05, 0.1) is 12.5 Å². The van der Waals surface area contributed by atoms with E-state index in [0.29, 0.717) is 0 Å². The monoisotopic (exact) mass is 250 g/mol. The highest BCUT2D eigenvalue weighted by Gasteiger charge is 2.63. The summed E-state index contributed by atoms with van der Waals surface area (Å²) in [5, 5.41) is 0. The highest BCUT2D eigenvalue weighted by atomic mass is 16.5. The molecule has 1 fully saturated rings. The largest absolute Gasteiger partial charge is 0.468 e. The topological polar surface area (TPSA) is 43.4 Å². The molecule has 2 aliphatic rings. The Hall–Kier alpha value is -1.12. The molecular weight excluding hydrogens is 228 g/mol. The minimum absolute atomic E-state index is 0.0740. The molecule has 0 radical (unpaired) electrons. The van der Waals surface area contributed by atoms with Crippen LogP contribution < -0.4 is 0 Å². The van der Waals surface area contributed by atoms with E-state index >= 15 is 0 Å². The fourth-order valence-electron chi connectivity index (χ4n) is 4.19. The summed E-state index contributed by atoms with van der Waals surface area (Å²) in [5.74, 6) is 0.323. The normalized spacial score (nSPS) is 37.1. The molecule has 0 spiro atoms. The van der Waals surface area contributed by atoms with E-state index in [9.17, 15) is 9.59 Å². The first kappa shape index (κ1) is 13.3. The van der Waals surface area contributed by atoms with Crippen molar-refractivity contribution in [2.45, 2.75) is 40.5 Å². The molecule has 18 heavy (non-hydrogen) atoms. The molecule has 0 bridgehead atoms. The van der Waals surface area contributed by atoms with E-state index in [0.717, 1.165) is 18.4 Å². The van der Waals surface area contributed by atoms with Crippen molar-refractivity contribution in [3.8, 4) is 0 Å². The van der Waals surface area contributed by atoms with E-state index in [4.69, 9.17) is 4.74 Å². The fourth-order valence-corrected chi connectivity index (χ4v) is 4.19. The highest BCUT2D eigenvalue weighted by molar-refractivity contribution is 5.98. The van der Waals surface area contributed by atoms with Gasteiger partial charge in [-0.2, -0.15) is 0 Å². The molecule has 0 aliphatic heterocycles. The van der Waals surface area contributed by atoms with Crippen molar-refractivity contribution in [1.29, 1.82) is 0 Å². The molecule has 3 atom stereocenters. The second-order valence-corrected chi connectivity index (χ2v) is 6.29. The third kappa shape index (κ3) is 1.42. The fraction of sp³-hybridized carbons (Fsp3) is 0.733. The van der Waals surface area contributed by atoms with Crippen LogP contribution in [0.3, 0.4) is 0 Å². The van der Waals surface area contributed by atoms with Crippen LogP contribution in [-0.2, 0) is 14.3 Å². The zero-order chi connectivity index (χ0) is 13.7. The van der Waals surface area contributed by atoms with Gasteiger partial charge in [0.25, 0.3) is 0 Å². The van der Waals surface area contributed by atoms with Crippen molar-refractivity contribution >= 4 is 11.8 Å². The van der Waals surface area contributed by atoms with Gasteiger partial charge in [0.2, 0.25) is 0 Å². The SMILES string of the molecule is COC(=O)[C@]12C=C(C(C)=O)C(C)(C)[C@H]1CC[C@@H]2C. The van der Waals surface area contributed by atoms with Crippen LogP contribution in [0.5, 0.6) is 0 Å². The van der Waals surface area contributed by atoms with Gasteiger partial charge in [-0.1, -0.05) is 26.8 Å². The number of hydrogen-bond donors (Lipinski definition) is 0. The molecule has 3 heteroatoms. The number of esters is 1.